The van der Waals surface area contributed by atoms with Crippen LogP contribution in [0.1, 0.15) is 0 Å². The quantitative estimate of drug-likeness (QED) is 0.166. The lowest BCUT2D eigenvalue weighted by molar-refractivity contribution is 1.18. The number of fused-ring (bicyclic) bond motifs is 7. The van der Waals surface area contributed by atoms with Crippen LogP contribution in [0.5, 0.6) is 0 Å². The third-order valence-electron chi connectivity index (χ3n) is 11.0. The molecule has 0 aliphatic rings. The Hall–Kier alpha value is -6.94. The summed E-state index contributed by atoms with van der Waals surface area (Å²) >= 11 is 1.86. The normalized spacial score (nSPS) is 11.6. The highest BCUT2D eigenvalue weighted by molar-refractivity contribution is 7.25. The minimum absolute atomic E-state index is 1.12. The summed E-state index contributed by atoms with van der Waals surface area (Å²) in [5.74, 6) is 0. The first kappa shape index (κ1) is 31.6. The maximum Gasteiger partial charge on any atom is 0.0541 e. The summed E-state index contributed by atoms with van der Waals surface area (Å²) in [5.41, 5.74) is 11.8. The molecule has 0 saturated heterocycles. The van der Waals surface area contributed by atoms with Gasteiger partial charge in [-0.3, -0.25) is 0 Å². The van der Waals surface area contributed by atoms with Crippen LogP contribution in [0.25, 0.3) is 80.7 Å². The molecular weight excluding hydrogens is 685 g/mol. The highest BCUT2D eigenvalue weighted by Gasteiger charge is 2.18. The van der Waals surface area contributed by atoms with Crippen molar-refractivity contribution < 1.29 is 0 Å². The second-order valence-electron chi connectivity index (χ2n) is 14.2. The van der Waals surface area contributed by atoms with E-state index in [1.165, 1.54) is 80.7 Å². The van der Waals surface area contributed by atoms with E-state index in [1.807, 2.05) is 11.3 Å². The van der Waals surface area contributed by atoms with Crippen LogP contribution in [-0.4, -0.2) is 4.57 Å². The number of benzene rings is 9. The molecule has 0 spiro atoms. The summed E-state index contributed by atoms with van der Waals surface area (Å²) in [4.78, 5) is 2.39. The molecule has 258 valence electrons. The molecule has 0 N–H and O–H groups in total. The number of aromatic nitrogens is 1. The lowest BCUT2D eigenvalue weighted by atomic mass is 9.97. The fraction of sp³-hybridized carbons (Fsp3) is 0. The van der Waals surface area contributed by atoms with Gasteiger partial charge in [0.05, 0.1) is 16.7 Å². The number of anilines is 3. The third kappa shape index (κ3) is 5.32. The smallest absolute Gasteiger partial charge is 0.0541 e. The van der Waals surface area contributed by atoms with Gasteiger partial charge in [-0.05, 0) is 94.2 Å². The molecule has 0 amide bonds. The summed E-state index contributed by atoms with van der Waals surface area (Å²) in [5, 5.41) is 7.61. The Morgan fingerprint density at radius 1 is 0.345 bits per heavy atom. The van der Waals surface area contributed by atoms with Gasteiger partial charge in [0.1, 0.15) is 0 Å². The maximum absolute atomic E-state index is 2.42. The SMILES string of the molecule is c1cc(-c2ccc(N(c3ccc4ccccc4c3)c3ccc4c(c3)sc3ccccc34)cc2)cc(-c2ccccc2-n2c3ccccc3c3ccccc32)c1. The van der Waals surface area contributed by atoms with Crippen molar-refractivity contribution in [1.29, 1.82) is 0 Å². The van der Waals surface area contributed by atoms with Crippen molar-refractivity contribution in [2.45, 2.75) is 0 Å². The van der Waals surface area contributed by atoms with Crippen molar-refractivity contribution in [1.82, 2.24) is 4.57 Å². The highest BCUT2D eigenvalue weighted by atomic mass is 32.1. The molecule has 0 saturated carbocycles. The third-order valence-corrected chi connectivity index (χ3v) is 12.1. The molecule has 3 heteroatoms. The van der Waals surface area contributed by atoms with E-state index < -0.39 is 0 Å². The van der Waals surface area contributed by atoms with Gasteiger partial charge in [-0.25, -0.2) is 0 Å². The van der Waals surface area contributed by atoms with Crippen LogP contribution in [0.3, 0.4) is 0 Å². The first-order valence-electron chi connectivity index (χ1n) is 18.8. The number of para-hydroxylation sites is 3. The predicted molar refractivity (Wildman–Crippen MR) is 237 cm³/mol. The van der Waals surface area contributed by atoms with E-state index in [2.05, 4.69) is 216 Å². The van der Waals surface area contributed by atoms with Gasteiger partial charge in [-0.15, -0.1) is 11.3 Å². The molecule has 0 bridgehead atoms. The van der Waals surface area contributed by atoms with E-state index >= 15 is 0 Å². The zero-order valence-corrected chi connectivity index (χ0v) is 30.7. The van der Waals surface area contributed by atoms with Gasteiger partial charge >= 0.3 is 0 Å². The Kier molecular flexibility index (Phi) is 7.39. The molecule has 0 unspecified atom stereocenters. The van der Waals surface area contributed by atoms with Crippen LogP contribution in [0.15, 0.2) is 206 Å². The Morgan fingerprint density at radius 2 is 0.945 bits per heavy atom. The molecule has 0 fully saturated rings. The van der Waals surface area contributed by atoms with Crippen molar-refractivity contribution in [3.8, 4) is 27.9 Å². The summed E-state index contributed by atoms with van der Waals surface area (Å²) in [6, 6.07) is 75.2. The summed E-state index contributed by atoms with van der Waals surface area (Å²) in [6.07, 6.45) is 0. The van der Waals surface area contributed by atoms with Crippen molar-refractivity contribution in [3.63, 3.8) is 0 Å². The number of thiophene rings is 1. The summed E-state index contributed by atoms with van der Waals surface area (Å²) < 4.78 is 5.02. The number of hydrogen-bond donors (Lipinski definition) is 0. The molecule has 11 rings (SSSR count). The van der Waals surface area contributed by atoms with Crippen molar-refractivity contribution >= 4 is 81.1 Å². The van der Waals surface area contributed by atoms with Gasteiger partial charge in [0.25, 0.3) is 0 Å². The van der Waals surface area contributed by atoms with E-state index in [0.717, 1.165) is 17.1 Å². The molecule has 11 aromatic rings. The molecule has 0 atom stereocenters. The largest absolute Gasteiger partial charge is 0.310 e. The Morgan fingerprint density at radius 3 is 1.76 bits per heavy atom. The lowest BCUT2D eigenvalue weighted by Crippen LogP contribution is -2.09. The number of nitrogens with zero attached hydrogens (tertiary/aromatic N) is 2. The molecular formula is C52H34N2S. The predicted octanol–water partition coefficient (Wildman–Crippen LogP) is 15.1. The second kappa shape index (κ2) is 12.9. The van der Waals surface area contributed by atoms with E-state index in [4.69, 9.17) is 0 Å². The summed E-state index contributed by atoms with van der Waals surface area (Å²) in [7, 11) is 0. The van der Waals surface area contributed by atoms with Crippen molar-refractivity contribution in [2.75, 3.05) is 4.90 Å². The lowest BCUT2D eigenvalue weighted by Gasteiger charge is -2.26. The van der Waals surface area contributed by atoms with Crippen LogP contribution in [0.2, 0.25) is 0 Å². The van der Waals surface area contributed by atoms with Gasteiger partial charge in [0.2, 0.25) is 0 Å². The standard InChI is InChI=1S/C52H34N2S/c1-2-13-38-33-41(29-26-35(38)12-1)53(42-30-31-47-46-19-6-10-23-51(46)55-52(47)34-42)40-27-24-36(25-28-40)37-14-11-15-39(32-37)43-16-3-7-20-48(43)54-49-21-8-4-17-44(49)45-18-5-9-22-50(45)54/h1-34H. The van der Waals surface area contributed by atoms with Gasteiger partial charge in [0.15, 0.2) is 0 Å². The van der Waals surface area contributed by atoms with Crippen LogP contribution in [0, 0.1) is 0 Å². The van der Waals surface area contributed by atoms with Crippen LogP contribution < -0.4 is 4.90 Å². The molecule has 9 aromatic carbocycles. The molecule has 0 aliphatic heterocycles. The van der Waals surface area contributed by atoms with E-state index in [0.29, 0.717) is 0 Å². The molecule has 2 heterocycles. The average molecular weight is 719 g/mol. The first-order chi connectivity index (χ1) is 27.3. The van der Waals surface area contributed by atoms with Gasteiger partial charge < -0.3 is 9.47 Å². The average Bonchev–Trinajstić information content (AvgIpc) is 3.79. The monoisotopic (exact) mass is 718 g/mol. The number of hydrogen-bond acceptors (Lipinski definition) is 2. The van der Waals surface area contributed by atoms with Crippen molar-refractivity contribution in [3.05, 3.63) is 206 Å². The highest BCUT2D eigenvalue weighted by Crippen LogP contribution is 2.42. The fourth-order valence-corrected chi connectivity index (χ4v) is 9.52. The Balaban J connectivity index is 1.00. The molecule has 2 nitrogen and oxygen atoms in total. The van der Waals surface area contributed by atoms with Gasteiger partial charge in [0, 0.05) is 53.6 Å². The molecule has 0 radical (unpaired) electrons. The molecule has 2 aromatic heterocycles. The topological polar surface area (TPSA) is 8.17 Å². The van der Waals surface area contributed by atoms with E-state index in [-0.39, 0.29) is 0 Å². The first-order valence-corrected chi connectivity index (χ1v) is 19.6. The van der Waals surface area contributed by atoms with Gasteiger partial charge in [-0.2, -0.15) is 0 Å². The number of rotatable bonds is 6. The van der Waals surface area contributed by atoms with Gasteiger partial charge in [-0.1, -0.05) is 140 Å². The Bertz CT molecular complexity index is 3170. The molecule has 55 heavy (non-hydrogen) atoms. The maximum atomic E-state index is 2.42. The zero-order chi connectivity index (χ0) is 36.3. The van der Waals surface area contributed by atoms with E-state index in [9.17, 15) is 0 Å². The molecule has 0 aliphatic carbocycles. The minimum atomic E-state index is 1.12. The Labute approximate surface area is 323 Å². The minimum Gasteiger partial charge on any atom is -0.310 e. The van der Waals surface area contributed by atoms with Crippen LogP contribution in [0.4, 0.5) is 17.1 Å². The second-order valence-corrected chi connectivity index (χ2v) is 15.2. The van der Waals surface area contributed by atoms with Crippen LogP contribution in [-0.2, 0) is 0 Å². The van der Waals surface area contributed by atoms with Crippen LogP contribution >= 0.6 is 11.3 Å². The van der Waals surface area contributed by atoms with E-state index in [1.54, 1.807) is 0 Å². The summed E-state index contributed by atoms with van der Waals surface area (Å²) in [6.45, 7) is 0. The zero-order valence-electron chi connectivity index (χ0n) is 29.9. The van der Waals surface area contributed by atoms with Crippen molar-refractivity contribution in [2.24, 2.45) is 0 Å². The fourth-order valence-electron chi connectivity index (χ4n) is 8.38.